The van der Waals surface area contributed by atoms with Crippen LogP contribution in [0.25, 0.3) is 11.4 Å². The van der Waals surface area contributed by atoms with E-state index >= 15 is 0 Å². The smallest absolute Gasteiger partial charge is 0.249 e. The van der Waals surface area contributed by atoms with Gasteiger partial charge in [0.05, 0.1) is 5.41 Å². The van der Waals surface area contributed by atoms with Crippen molar-refractivity contribution in [2.24, 2.45) is 0 Å². The van der Waals surface area contributed by atoms with Gasteiger partial charge in [-0.1, -0.05) is 16.8 Å². The minimum absolute atomic E-state index is 0.0323. The highest BCUT2D eigenvalue weighted by atomic mass is 35.5. The monoisotopic (exact) mass is 322 g/mol. The van der Waals surface area contributed by atoms with Crippen molar-refractivity contribution >= 4 is 17.5 Å². The first-order valence-electron chi connectivity index (χ1n) is 6.87. The summed E-state index contributed by atoms with van der Waals surface area (Å²) >= 11 is 5.83. The van der Waals surface area contributed by atoms with E-state index in [1.807, 2.05) is 6.92 Å². The van der Waals surface area contributed by atoms with Crippen LogP contribution in [-0.2, 0) is 10.2 Å². The third-order valence-electron chi connectivity index (χ3n) is 3.93. The first-order valence-corrected chi connectivity index (χ1v) is 7.25. The van der Waals surface area contributed by atoms with Gasteiger partial charge < -0.3 is 14.4 Å². The van der Waals surface area contributed by atoms with Crippen molar-refractivity contribution in [2.75, 3.05) is 13.1 Å². The van der Waals surface area contributed by atoms with Crippen molar-refractivity contribution in [3.05, 3.63) is 33.5 Å². The van der Waals surface area contributed by atoms with Crippen molar-refractivity contribution in [1.82, 2.24) is 20.0 Å². The number of aromatic nitrogens is 3. The number of halogens is 1. The number of hydrogen-bond donors (Lipinski definition) is 1. The van der Waals surface area contributed by atoms with Gasteiger partial charge in [0, 0.05) is 31.6 Å². The van der Waals surface area contributed by atoms with E-state index in [-0.39, 0.29) is 22.0 Å². The maximum Gasteiger partial charge on any atom is 0.249 e. The minimum Gasteiger partial charge on any atom is -0.342 e. The zero-order valence-electron chi connectivity index (χ0n) is 12.2. The molecule has 1 aliphatic heterocycles. The predicted octanol–water partition coefficient (Wildman–Crippen LogP) is 1.59. The molecule has 1 fully saturated rings. The summed E-state index contributed by atoms with van der Waals surface area (Å²) in [4.78, 5) is 31.5. The van der Waals surface area contributed by atoms with Crippen LogP contribution in [0.4, 0.5) is 0 Å². The average molecular weight is 323 g/mol. The molecular weight excluding hydrogens is 308 g/mol. The second-order valence-corrected chi connectivity index (χ2v) is 6.16. The largest absolute Gasteiger partial charge is 0.342 e. The van der Waals surface area contributed by atoms with E-state index in [9.17, 15) is 9.59 Å². The van der Waals surface area contributed by atoms with Crippen molar-refractivity contribution in [2.45, 2.75) is 25.7 Å². The molecular formula is C14H15ClN4O3. The Kier molecular flexibility index (Phi) is 3.52. The summed E-state index contributed by atoms with van der Waals surface area (Å²) in [7, 11) is 0. The summed E-state index contributed by atoms with van der Waals surface area (Å²) in [6, 6.07) is 2.93. The van der Waals surface area contributed by atoms with Crippen LogP contribution in [-0.4, -0.2) is 39.0 Å². The van der Waals surface area contributed by atoms with Gasteiger partial charge in [0.1, 0.15) is 5.15 Å². The summed E-state index contributed by atoms with van der Waals surface area (Å²) in [5.41, 5.74) is -0.209. The highest BCUT2D eigenvalue weighted by molar-refractivity contribution is 6.29. The number of likely N-dealkylation sites (tertiary alicyclic amines) is 1. The Morgan fingerprint density at radius 3 is 2.91 bits per heavy atom. The quantitative estimate of drug-likeness (QED) is 0.848. The summed E-state index contributed by atoms with van der Waals surface area (Å²) in [5, 5.41) is 4.14. The van der Waals surface area contributed by atoms with Crippen molar-refractivity contribution in [3.8, 4) is 11.4 Å². The molecule has 1 amide bonds. The lowest BCUT2D eigenvalue weighted by Gasteiger charge is -2.19. The molecule has 3 heterocycles. The molecule has 0 radical (unpaired) electrons. The van der Waals surface area contributed by atoms with Gasteiger partial charge in [-0.3, -0.25) is 9.59 Å². The number of hydrogen-bond acceptors (Lipinski definition) is 5. The van der Waals surface area contributed by atoms with Gasteiger partial charge in [0.2, 0.25) is 23.2 Å². The molecule has 116 valence electrons. The number of rotatable bonds is 2. The molecule has 0 aromatic carbocycles. The second-order valence-electron chi connectivity index (χ2n) is 5.76. The van der Waals surface area contributed by atoms with E-state index in [0.717, 1.165) is 6.42 Å². The number of carbonyl (C=O) groups excluding carboxylic acids is 1. The fourth-order valence-electron chi connectivity index (χ4n) is 2.63. The molecule has 3 rings (SSSR count). The summed E-state index contributed by atoms with van der Waals surface area (Å²) in [6.45, 7) is 4.74. The molecule has 2 aromatic heterocycles. The molecule has 2 aromatic rings. The van der Waals surface area contributed by atoms with E-state index < -0.39 is 0 Å². The average Bonchev–Trinajstić information content (AvgIpc) is 3.05. The van der Waals surface area contributed by atoms with E-state index in [4.69, 9.17) is 16.1 Å². The molecule has 0 spiro atoms. The lowest BCUT2D eigenvalue weighted by atomic mass is 9.90. The number of aromatic amines is 1. The van der Waals surface area contributed by atoms with Crippen LogP contribution in [0.15, 0.2) is 21.5 Å². The molecule has 1 unspecified atom stereocenters. The number of H-pyrrole nitrogens is 1. The first-order chi connectivity index (χ1) is 10.4. The Hall–Kier alpha value is -2.15. The van der Waals surface area contributed by atoms with Crippen LogP contribution in [0.2, 0.25) is 5.15 Å². The molecule has 1 atom stereocenters. The van der Waals surface area contributed by atoms with E-state index in [1.165, 1.54) is 6.07 Å². The molecule has 0 bridgehead atoms. The SMILES string of the molecule is CC(=O)N1CCC(C)(c2nc(-c3cc(Cl)[nH]c(=O)c3)no2)C1. The molecule has 1 saturated heterocycles. The van der Waals surface area contributed by atoms with Crippen molar-refractivity contribution in [3.63, 3.8) is 0 Å². The van der Waals surface area contributed by atoms with Crippen LogP contribution >= 0.6 is 11.6 Å². The van der Waals surface area contributed by atoms with E-state index in [2.05, 4.69) is 15.1 Å². The molecule has 0 saturated carbocycles. The molecule has 1 N–H and O–H groups in total. The fourth-order valence-corrected chi connectivity index (χ4v) is 2.84. The molecule has 1 aliphatic rings. The van der Waals surface area contributed by atoms with Crippen LogP contribution in [0.5, 0.6) is 0 Å². The highest BCUT2D eigenvalue weighted by Gasteiger charge is 2.41. The topological polar surface area (TPSA) is 92.1 Å². The normalized spacial score (nSPS) is 21.3. The van der Waals surface area contributed by atoms with Gasteiger partial charge in [-0.2, -0.15) is 4.98 Å². The Balaban J connectivity index is 1.91. The Bertz CT molecular complexity index is 784. The fraction of sp³-hybridized carbons (Fsp3) is 0.429. The lowest BCUT2D eigenvalue weighted by molar-refractivity contribution is -0.128. The van der Waals surface area contributed by atoms with Crippen molar-refractivity contribution in [1.29, 1.82) is 0 Å². The molecule has 0 aliphatic carbocycles. The third kappa shape index (κ3) is 2.64. The summed E-state index contributed by atoms with van der Waals surface area (Å²) in [6.07, 6.45) is 0.754. The molecule has 8 heteroatoms. The standard InChI is InChI=1S/C14H15ClN4O3/c1-8(20)19-4-3-14(2,7-19)13-17-12(18-22-13)9-5-10(15)16-11(21)6-9/h5-6H,3-4,7H2,1-2H3,(H,16,21). The van der Waals surface area contributed by atoms with Gasteiger partial charge in [-0.05, 0) is 19.4 Å². The number of amides is 1. The molecule has 7 nitrogen and oxygen atoms in total. The van der Waals surface area contributed by atoms with Crippen LogP contribution < -0.4 is 5.56 Å². The maximum absolute atomic E-state index is 11.5. The van der Waals surface area contributed by atoms with Crippen LogP contribution in [0.1, 0.15) is 26.2 Å². The van der Waals surface area contributed by atoms with Gasteiger partial charge in [-0.25, -0.2) is 0 Å². The predicted molar refractivity (Wildman–Crippen MR) is 79.6 cm³/mol. The first kappa shape index (κ1) is 14.8. The summed E-state index contributed by atoms with van der Waals surface area (Å²) < 4.78 is 5.36. The number of carbonyl (C=O) groups is 1. The van der Waals surface area contributed by atoms with Crippen molar-refractivity contribution < 1.29 is 9.32 Å². The zero-order valence-corrected chi connectivity index (χ0v) is 13.0. The third-order valence-corrected chi connectivity index (χ3v) is 4.13. The zero-order chi connectivity index (χ0) is 15.9. The Labute approximate surface area is 131 Å². The van der Waals surface area contributed by atoms with Gasteiger partial charge >= 0.3 is 0 Å². The second kappa shape index (κ2) is 5.24. The van der Waals surface area contributed by atoms with Crippen LogP contribution in [0, 0.1) is 0 Å². The van der Waals surface area contributed by atoms with Crippen LogP contribution in [0.3, 0.4) is 0 Å². The Morgan fingerprint density at radius 1 is 1.50 bits per heavy atom. The minimum atomic E-state index is -0.373. The van der Waals surface area contributed by atoms with E-state index in [1.54, 1.807) is 17.9 Å². The highest BCUT2D eigenvalue weighted by Crippen LogP contribution is 2.34. The number of nitrogens with one attached hydrogen (secondary N) is 1. The maximum atomic E-state index is 11.5. The number of nitrogens with zero attached hydrogens (tertiary/aromatic N) is 3. The number of pyridine rings is 1. The summed E-state index contributed by atoms with van der Waals surface area (Å²) in [5.74, 6) is 0.804. The molecule has 22 heavy (non-hydrogen) atoms. The van der Waals surface area contributed by atoms with Gasteiger partial charge in [-0.15, -0.1) is 0 Å². The van der Waals surface area contributed by atoms with Gasteiger partial charge in [0.15, 0.2) is 0 Å². The van der Waals surface area contributed by atoms with E-state index in [0.29, 0.717) is 30.4 Å². The van der Waals surface area contributed by atoms with Gasteiger partial charge in [0.25, 0.3) is 0 Å². The lowest BCUT2D eigenvalue weighted by Crippen LogP contribution is -2.31. The Morgan fingerprint density at radius 2 is 2.27 bits per heavy atom.